The standard InChI is InChI=1S/C12H11Cl2NO3/c13-9-2-1-7(5-10(9)14)11(16)8-3-4-15(6-8)12(17)18/h1-2,5,8H,3-4,6H2,(H,17,18). The number of amides is 1. The molecule has 0 aromatic heterocycles. The molecule has 1 unspecified atom stereocenters. The lowest BCUT2D eigenvalue weighted by Gasteiger charge is -2.11. The predicted octanol–water partition coefficient (Wildman–Crippen LogP) is 3.18. The van der Waals surface area contributed by atoms with Crippen LogP contribution in [0.25, 0.3) is 0 Å². The van der Waals surface area contributed by atoms with E-state index >= 15 is 0 Å². The van der Waals surface area contributed by atoms with Gasteiger partial charge in [-0.3, -0.25) is 4.79 Å². The van der Waals surface area contributed by atoms with Crippen molar-refractivity contribution in [2.24, 2.45) is 5.92 Å². The number of carbonyl (C=O) groups excluding carboxylic acids is 1. The van der Waals surface area contributed by atoms with Crippen molar-refractivity contribution < 1.29 is 14.7 Å². The maximum atomic E-state index is 12.2. The van der Waals surface area contributed by atoms with E-state index in [0.717, 1.165) is 0 Å². The first-order chi connectivity index (χ1) is 8.49. The van der Waals surface area contributed by atoms with Gasteiger partial charge >= 0.3 is 6.09 Å². The number of rotatable bonds is 2. The Balaban J connectivity index is 2.12. The second-order valence-corrected chi connectivity index (χ2v) is 5.02. The first kappa shape index (κ1) is 13.2. The van der Waals surface area contributed by atoms with E-state index in [1.807, 2.05) is 0 Å². The van der Waals surface area contributed by atoms with E-state index in [0.29, 0.717) is 28.6 Å². The Bertz CT molecular complexity index is 504. The summed E-state index contributed by atoms with van der Waals surface area (Å²) in [5, 5.41) is 9.56. The molecule has 0 saturated carbocycles. The summed E-state index contributed by atoms with van der Waals surface area (Å²) in [4.78, 5) is 24.2. The van der Waals surface area contributed by atoms with Crippen LogP contribution in [0.5, 0.6) is 0 Å². The minimum Gasteiger partial charge on any atom is -0.465 e. The van der Waals surface area contributed by atoms with Gasteiger partial charge in [-0.1, -0.05) is 23.2 Å². The third-order valence-electron chi connectivity index (χ3n) is 3.03. The molecule has 1 aromatic carbocycles. The summed E-state index contributed by atoms with van der Waals surface area (Å²) in [6.07, 6.45) is -0.440. The number of benzene rings is 1. The molecule has 1 amide bonds. The van der Waals surface area contributed by atoms with Crippen LogP contribution in [0.15, 0.2) is 18.2 Å². The molecule has 1 aliphatic rings. The molecule has 18 heavy (non-hydrogen) atoms. The molecule has 2 rings (SSSR count). The van der Waals surface area contributed by atoms with Gasteiger partial charge in [-0.25, -0.2) is 4.79 Å². The second-order valence-electron chi connectivity index (χ2n) is 4.21. The van der Waals surface area contributed by atoms with Crippen LogP contribution in [0.2, 0.25) is 10.0 Å². The fourth-order valence-electron chi connectivity index (χ4n) is 2.03. The number of carbonyl (C=O) groups is 2. The number of hydrogen-bond acceptors (Lipinski definition) is 2. The van der Waals surface area contributed by atoms with E-state index in [4.69, 9.17) is 28.3 Å². The Kier molecular flexibility index (Phi) is 3.78. The van der Waals surface area contributed by atoms with Crippen LogP contribution < -0.4 is 0 Å². The first-order valence-electron chi connectivity index (χ1n) is 5.46. The summed E-state index contributed by atoms with van der Waals surface area (Å²) in [7, 11) is 0. The SMILES string of the molecule is O=C(c1ccc(Cl)c(Cl)c1)C1CCN(C(=O)O)C1. The molecule has 1 atom stereocenters. The highest BCUT2D eigenvalue weighted by Gasteiger charge is 2.31. The van der Waals surface area contributed by atoms with Gasteiger partial charge in [0.2, 0.25) is 0 Å². The van der Waals surface area contributed by atoms with Crippen LogP contribution >= 0.6 is 23.2 Å². The first-order valence-corrected chi connectivity index (χ1v) is 6.22. The van der Waals surface area contributed by atoms with Crippen LogP contribution in [0.3, 0.4) is 0 Å². The van der Waals surface area contributed by atoms with Gasteiger partial charge in [0.05, 0.1) is 10.0 Å². The summed E-state index contributed by atoms with van der Waals surface area (Å²) >= 11 is 11.6. The lowest BCUT2D eigenvalue weighted by molar-refractivity contribution is 0.0922. The molecule has 1 heterocycles. The summed E-state index contributed by atoms with van der Waals surface area (Å²) in [5.74, 6) is -0.379. The minimum atomic E-state index is -0.987. The zero-order chi connectivity index (χ0) is 13.3. The number of halogens is 2. The molecular weight excluding hydrogens is 277 g/mol. The van der Waals surface area contributed by atoms with Crippen molar-refractivity contribution >= 4 is 35.1 Å². The van der Waals surface area contributed by atoms with E-state index in [1.165, 1.54) is 11.0 Å². The maximum absolute atomic E-state index is 12.2. The molecule has 4 nitrogen and oxygen atoms in total. The molecule has 1 aromatic rings. The topological polar surface area (TPSA) is 57.6 Å². The summed E-state index contributed by atoms with van der Waals surface area (Å²) in [6.45, 7) is 0.640. The van der Waals surface area contributed by atoms with Crippen molar-refractivity contribution in [3.8, 4) is 0 Å². The molecule has 0 aliphatic carbocycles. The highest BCUT2D eigenvalue weighted by molar-refractivity contribution is 6.42. The summed E-state index contributed by atoms with van der Waals surface area (Å²) in [5.41, 5.74) is 0.474. The molecule has 6 heteroatoms. The van der Waals surface area contributed by atoms with Crippen LogP contribution in [0.1, 0.15) is 16.8 Å². The summed E-state index contributed by atoms with van der Waals surface area (Å²) < 4.78 is 0. The lowest BCUT2D eigenvalue weighted by Crippen LogP contribution is -2.28. The largest absolute Gasteiger partial charge is 0.465 e. The van der Waals surface area contributed by atoms with Gasteiger partial charge < -0.3 is 10.0 Å². The summed E-state index contributed by atoms with van der Waals surface area (Å²) in [6, 6.07) is 4.71. The molecule has 1 fully saturated rings. The zero-order valence-corrected chi connectivity index (χ0v) is 10.9. The van der Waals surface area contributed by atoms with Crippen molar-refractivity contribution in [2.75, 3.05) is 13.1 Å². The van der Waals surface area contributed by atoms with E-state index in [9.17, 15) is 9.59 Å². The second kappa shape index (κ2) is 5.16. The third-order valence-corrected chi connectivity index (χ3v) is 3.77. The monoisotopic (exact) mass is 287 g/mol. The number of Topliss-reactive ketones (excluding diaryl/α,β-unsaturated/α-hetero) is 1. The van der Waals surface area contributed by atoms with Gasteiger partial charge in [0.1, 0.15) is 0 Å². The Morgan fingerprint density at radius 1 is 1.28 bits per heavy atom. The molecule has 1 N–H and O–H groups in total. The Hall–Kier alpha value is -1.26. The van der Waals surface area contributed by atoms with E-state index in [1.54, 1.807) is 12.1 Å². The van der Waals surface area contributed by atoms with Gasteiger partial charge in [-0.15, -0.1) is 0 Å². The number of carboxylic acid groups (broad SMARTS) is 1. The van der Waals surface area contributed by atoms with Crippen LogP contribution in [0.4, 0.5) is 4.79 Å². The predicted molar refractivity (Wildman–Crippen MR) is 68.5 cm³/mol. The van der Waals surface area contributed by atoms with E-state index in [2.05, 4.69) is 0 Å². The number of hydrogen-bond donors (Lipinski definition) is 1. The fraction of sp³-hybridized carbons (Fsp3) is 0.333. The van der Waals surface area contributed by atoms with Crippen LogP contribution in [-0.2, 0) is 0 Å². The average Bonchev–Trinajstić information content (AvgIpc) is 2.81. The van der Waals surface area contributed by atoms with Crippen molar-refractivity contribution in [1.82, 2.24) is 4.90 Å². The Labute approximate surface area is 114 Å². The lowest BCUT2D eigenvalue weighted by atomic mass is 9.97. The molecular formula is C12H11Cl2NO3. The average molecular weight is 288 g/mol. The molecule has 0 spiro atoms. The van der Waals surface area contributed by atoms with Gasteiger partial charge in [0.15, 0.2) is 5.78 Å². The minimum absolute atomic E-state index is 0.0858. The Morgan fingerprint density at radius 2 is 2.00 bits per heavy atom. The van der Waals surface area contributed by atoms with E-state index in [-0.39, 0.29) is 18.2 Å². The molecule has 1 saturated heterocycles. The number of nitrogens with zero attached hydrogens (tertiary/aromatic N) is 1. The van der Waals surface area contributed by atoms with Crippen LogP contribution in [-0.4, -0.2) is 35.0 Å². The molecule has 0 radical (unpaired) electrons. The van der Waals surface area contributed by atoms with Gasteiger partial charge in [0, 0.05) is 24.6 Å². The third kappa shape index (κ3) is 2.60. The van der Waals surface area contributed by atoms with Crippen molar-refractivity contribution in [3.63, 3.8) is 0 Å². The highest BCUT2D eigenvalue weighted by Crippen LogP contribution is 2.26. The van der Waals surface area contributed by atoms with Crippen molar-refractivity contribution in [1.29, 1.82) is 0 Å². The highest BCUT2D eigenvalue weighted by atomic mass is 35.5. The van der Waals surface area contributed by atoms with Crippen molar-refractivity contribution in [2.45, 2.75) is 6.42 Å². The van der Waals surface area contributed by atoms with Gasteiger partial charge in [-0.2, -0.15) is 0 Å². The molecule has 0 bridgehead atoms. The smallest absolute Gasteiger partial charge is 0.407 e. The van der Waals surface area contributed by atoms with E-state index < -0.39 is 6.09 Å². The van der Waals surface area contributed by atoms with Crippen molar-refractivity contribution in [3.05, 3.63) is 33.8 Å². The fourth-order valence-corrected chi connectivity index (χ4v) is 2.33. The quantitative estimate of drug-likeness (QED) is 0.850. The maximum Gasteiger partial charge on any atom is 0.407 e. The molecule has 96 valence electrons. The molecule has 1 aliphatic heterocycles. The Morgan fingerprint density at radius 3 is 2.56 bits per heavy atom. The van der Waals surface area contributed by atoms with Gasteiger partial charge in [0.25, 0.3) is 0 Å². The van der Waals surface area contributed by atoms with Gasteiger partial charge in [-0.05, 0) is 24.6 Å². The normalized spacial score (nSPS) is 19.0. The number of likely N-dealkylation sites (tertiary alicyclic amines) is 1. The number of ketones is 1. The zero-order valence-electron chi connectivity index (χ0n) is 9.40. The van der Waals surface area contributed by atoms with Crippen LogP contribution in [0, 0.1) is 5.92 Å².